The Morgan fingerprint density at radius 3 is 2.39 bits per heavy atom. The van der Waals surface area contributed by atoms with Gasteiger partial charge in [-0.15, -0.1) is 0 Å². The Morgan fingerprint density at radius 2 is 1.87 bits per heavy atom. The molecule has 3 fully saturated rings. The van der Waals surface area contributed by atoms with Gasteiger partial charge in [0.2, 0.25) is 5.75 Å². The van der Waals surface area contributed by atoms with Crippen molar-refractivity contribution in [1.82, 2.24) is 4.90 Å². The highest BCUT2D eigenvalue weighted by Gasteiger charge is 2.36. The summed E-state index contributed by atoms with van der Waals surface area (Å²) in [5, 5.41) is 11.2. The number of rotatable bonds is 4. The van der Waals surface area contributed by atoms with E-state index in [1.807, 2.05) is 4.90 Å². The number of methoxy groups -OCH3 is 2. The maximum Gasteiger partial charge on any atom is 0.311 e. The lowest BCUT2D eigenvalue weighted by molar-refractivity contribution is -0.385. The van der Waals surface area contributed by atoms with Gasteiger partial charge in [-0.25, -0.2) is 0 Å². The Kier molecular flexibility index (Phi) is 3.94. The summed E-state index contributed by atoms with van der Waals surface area (Å²) in [6, 6.07) is 2.87. The molecular weight excluding hydrogens is 300 g/mol. The zero-order chi connectivity index (χ0) is 16.6. The highest BCUT2D eigenvalue weighted by Crippen LogP contribution is 2.38. The van der Waals surface area contributed by atoms with Crippen LogP contribution in [0.4, 0.5) is 5.69 Å². The summed E-state index contributed by atoms with van der Waals surface area (Å²) in [4.78, 5) is 25.2. The van der Waals surface area contributed by atoms with E-state index in [9.17, 15) is 14.9 Å². The van der Waals surface area contributed by atoms with Crippen molar-refractivity contribution in [2.24, 2.45) is 5.92 Å². The van der Waals surface area contributed by atoms with Gasteiger partial charge in [0.05, 0.1) is 24.8 Å². The summed E-state index contributed by atoms with van der Waals surface area (Å²) in [6.45, 7) is 1.70. The van der Waals surface area contributed by atoms with Crippen LogP contribution in [0.2, 0.25) is 0 Å². The molecule has 0 aliphatic carbocycles. The number of carbonyl (C=O) groups excluding carboxylic acids is 1. The van der Waals surface area contributed by atoms with E-state index in [1.165, 1.54) is 26.4 Å². The Balaban J connectivity index is 2.08. The number of hydrogen-bond donors (Lipinski definition) is 0. The van der Waals surface area contributed by atoms with Crippen LogP contribution in [0.25, 0.3) is 6.08 Å². The number of benzene rings is 1. The van der Waals surface area contributed by atoms with E-state index >= 15 is 0 Å². The van der Waals surface area contributed by atoms with Crippen LogP contribution in [0.5, 0.6) is 11.5 Å². The summed E-state index contributed by atoms with van der Waals surface area (Å²) >= 11 is 0. The van der Waals surface area contributed by atoms with E-state index in [0.717, 1.165) is 25.9 Å². The lowest BCUT2D eigenvalue weighted by atomic mass is 9.84. The van der Waals surface area contributed by atoms with Crippen molar-refractivity contribution in [3.05, 3.63) is 33.5 Å². The van der Waals surface area contributed by atoms with Crippen molar-refractivity contribution < 1.29 is 19.2 Å². The number of nitrogens with zero attached hydrogens (tertiary/aromatic N) is 2. The van der Waals surface area contributed by atoms with Gasteiger partial charge in [0.1, 0.15) is 5.75 Å². The Morgan fingerprint density at radius 1 is 1.22 bits per heavy atom. The lowest BCUT2D eigenvalue weighted by Gasteiger charge is -2.41. The van der Waals surface area contributed by atoms with E-state index in [0.29, 0.717) is 17.0 Å². The number of fused-ring (bicyclic) bond motifs is 3. The number of allylic oxidation sites excluding steroid dienone is 1. The minimum absolute atomic E-state index is 0.0745. The average molecular weight is 318 g/mol. The molecule has 0 amide bonds. The van der Waals surface area contributed by atoms with Gasteiger partial charge >= 0.3 is 5.69 Å². The number of ketones is 1. The van der Waals surface area contributed by atoms with Crippen molar-refractivity contribution in [2.45, 2.75) is 12.8 Å². The van der Waals surface area contributed by atoms with Crippen molar-refractivity contribution in [2.75, 3.05) is 27.3 Å². The topological polar surface area (TPSA) is 81.9 Å². The molecule has 3 aliphatic rings. The summed E-state index contributed by atoms with van der Waals surface area (Å²) in [5.74, 6) is 0.759. The predicted octanol–water partition coefficient (Wildman–Crippen LogP) is 2.25. The fourth-order valence-electron chi connectivity index (χ4n) is 3.22. The van der Waals surface area contributed by atoms with Gasteiger partial charge < -0.3 is 14.4 Å². The lowest BCUT2D eigenvalue weighted by Crippen LogP contribution is -2.45. The molecule has 4 rings (SSSR count). The smallest absolute Gasteiger partial charge is 0.311 e. The number of nitro benzene ring substituents is 1. The van der Waals surface area contributed by atoms with Crippen LogP contribution in [0, 0.1) is 16.0 Å². The van der Waals surface area contributed by atoms with E-state index in [-0.39, 0.29) is 23.1 Å². The normalized spacial score (nSPS) is 19.3. The molecule has 0 spiro atoms. The van der Waals surface area contributed by atoms with E-state index in [1.54, 1.807) is 6.08 Å². The Labute approximate surface area is 133 Å². The van der Waals surface area contributed by atoms with Crippen LogP contribution in [0.15, 0.2) is 17.8 Å². The molecule has 7 nitrogen and oxygen atoms in total. The van der Waals surface area contributed by atoms with Crippen LogP contribution in [0.1, 0.15) is 18.4 Å². The van der Waals surface area contributed by atoms with Gasteiger partial charge in [-0.2, -0.15) is 0 Å². The summed E-state index contributed by atoms with van der Waals surface area (Å²) in [5.41, 5.74) is 0.977. The van der Waals surface area contributed by atoms with E-state index < -0.39 is 4.92 Å². The molecule has 3 heterocycles. The number of Topliss-reactive ketones (excluding diaryl/α,β-unsaturated/α-hetero) is 1. The van der Waals surface area contributed by atoms with Crippen molar-refractivity contribution in [3.8, 4) is 11.5 Å². The van der Waals surface area contributed by atoms with Gasteiger partial charge in [-0.3, -0.25) is 14.9 Å². The number of hydrogen-bond acceptors (Lipinski definition) is 6. The number of ether oxygens (including phenoxy) is 2. The third-order valence-electron chi connectivity index (χ3n) is 4.48. The fourth-order valence-corrected chi connectivity index (χ4v) is 3.22. The molecule has 2 bridgehead atoms. The van der Waals surface area contributed by atoms with Gasteiger partial charge in [-0.05, 0) is 18.9 Å². The molecule has 0 atom stereocenters. The van der Waals surface area contributed by atoms with Crippen molar-refractivity contribution in [1.29, 1.82) is 0 Å². The molecule has 1 aromatic carbocycles. The Hall–Kier alpha value is -2.57. The quantitative estimate of drug-likeness (QED) is 0.481. The minimum Gasteiger partial charge on any atom is -0.496 e. The zero-order valence-electron chi connectivity index (χ0n) is 13.1. The second-order valence-corrected chi connectivity index (χ2v) is 5.68. The maximum atomic E-state index is 12.4. The van der Waals surface area contributed by atoms with Crippen molar-refractivity contribution in [3.63, 3.8) is 0 Å². The van der Waals surface area contributed by atoms with E-state index in [2.05, 4.69) is 0 Å². The number of nitro groups is 1. The van der Waals surface area contributed by atoms with Crippen LogP contribution < -0.4 is 9.47 Å². The second kappa shape index (κ2) is 5.91. The third-order valence-corrected chi connectivity index (χ3v) is 4.48. The van der Waals surface area contributed by atoms with Crippen LogP contribution in [-0.4, -0.2) is 42.9 Å². The van der Waals surface area contributed by atoms with Gasteiger partial charge in [0.25, 0.3) is 0 Å². The molecule has 0 aromatic heterocycles. The molecule has 7 heteroatoms. The van der Waals surface area contributed by atoms with Crippen LogP contribution in [-0.2, 0) is 4.79 Å². The Bertz CT molecular complexity index is 690. The highest BCUT2D eigenvalue weighted by atomic mass is 16.6. The first kappa shape index (κ1) is 15.3. The monoisotopic (exact) mass is 318 g/mol. The van der Waals surface area contributed by atoms with Gasteiger partial charge in [0.15, 0.2) is 5.78 Å². The molecule has 23 heavy (non-hydrogen) atoms. The SMILES string of the molecule is COc1cc(OC)c([N+](=O)[O-])cc1/C=C1/C(=O)C2CCN1CC2. The molecule has 0 unspecified atom stereocenters. The maximum absolute atomic E-state index is 12.4. The first-order valence-corrected chi connectivity index (χ1v) is 7.46. The summed E-state index contributed by atoms with van der Waals surface area (Å²) in [6.07, 6.45) is 3.46. The molecule has 3 saturated heterocycles. The van der Waals surface area contributed by atoms with Crippen molar-refractivity contribution >= 4 is 17.5 Å². The average Bonchev–Trinajstić information content (AvgIpc) is 2.57. The zero-order valence-corrected chi connectivity index (χ0v) is 13.1. The fraction of sp³-hybridized carbons (Fsp3) is 0.438. The number of carbonyl (C=O) groups is 1. The largest absolute Gasteiger partial charge is 0.496 e. The molecule has 122 valence electrons. The number of piperidine rings is 3. The molecule has 0 saturated carbocycles. The molecule has 1 aromatic rings. The summed E-state index contributed by atoms with van der Waals surface area (Å²) < 4.78 is 10.3. The van der Waals surface area contributed by atoms with Crippen LogP contribution >= 0.6 is 0 Å². The molecule has 0 N–H and O–H groups in total. The van der Waals surface area contributed by atoms with Gasteiger partial charge in [-0.1, -0.05) is 0 Å². The predicted molar refractivity (Wildman–Crippen MR) is 83.5 cm³/mol. The first-order valence-electron chi connectivity index (χ1n) is 7.46. The van der Waals surface area contributed by atoms with Gasteiger partial charge in [0, 0.05) is 36.7 Å². The molecule has 0 radical (unpaired) electrons. The highest BCUT2D eigenvalue weighted by molar-refractivity contribution is 6.02. The van der Waals surface area contributed by atoms with Crippen LogP contribution in [0.3, 0.4) is 0 Å². The first-order chi connectivity index (χ1) is 11.0. The second-order valence-electron chi connectivity index (χ2n) is 5.68. The minimum atomic E-state index is -0.505. The summed E-state index contributed by atoms with van der Waals surface area (Å²) in [7, 11) is 2.85. The molecule has 3 aliphatic heterocycles. The molecular formula is C16H18N2O5. The third kappa shape index (κ3) is 2.62. The standard InChI is InChI=1S/C16H18N2O5/c1-22-14-9-15(23-2)12(18(20)21)7-11(14)8-13-16(19)10-3-5-17(13)6-4-10/h7-10H,3-6H2,1-2H3/b13-8-. The van der Waals surface area contributed by atoms with E-state index in [4.69, 9.17) is 9.47 Å².